The van der Waals surface area contributed by atoms with Gasteiger partial charge in [0, 0.05) is 26.7 Å². The van der Waals surface area contributed by atoms with Crippen molar-refractivity contribution in [3.63, 3.8) is 0 Å². The Labute approximate surface area is 140 Å². The second-order valence-electron chi connectivity index (χ2n) is 6.19. The number of nitrogens with zero attached hydrogens (tertiary/aromatic N) is 3. The van der Waals surface area contributed by atoms with E-state index in [-0.39, 0.29) is 0 Å². The van der Waals surface area contributed by atoms with E-state index >= 15 is 0 Å². The first-order chi connectivity index (χ1) is 11.2. The lowest BCUT2D eigenvalue weighted by Gasteiger charge is -2.22. The van der Waals surface area contributed by atoms with Gasteiger partial charge < -0.3 is 19.9 Å². The largest absolute Gasteiger partial charge is 0.492 e. The van der Waals surface area contributed by atoms with Gasteiger partial charge in [0.05, 0.1) is 6.54 Å². The molecule has 0 saturated carbocycles. The summed E-state index contributed by atoms with van der Waals surface area (Å²) in [4.78, 5) is 9.33. The van der Waals surface area contributed by atoms with E-state index in [1.165, 1.54) is 13.0 Å². The topological polar surface area (TPSA) is 40.1 Å². The second kappa shape index (κ2) is 9.40. The summed E-state index contributed by atoms with van der Waals surface area (Å²) in [6.07, 6.45) is 1.25. The summed E-state index contributed by atoms with van der Waals surface area (Å²) in [7, 11) is 4.25. The van der Waals surface area contributed by atoms with Crippen LogP contribution in [0.15, 0.2) is 35.3 Å². The van der Waals surface area contributed by atoms with E-state index in [2.05, 4.69) is 36.1 Å². The van der Waals surface area contributed by atoms with Crippen LogP contribution in [0.5, 0.6) is 5.75 Å². The molecule has 2 rings (SSSR count). The molecule has 1 aliphatic heterocycles. The number of ether oxygens (including phenoxy) is 1. The van der Waals surface area contributed by atoms with Gasteiger partial charge in [-0.25, -0.2) is 0 Å². The number of guanidine groups is 1. The van der Waals surface area contributed by atoms with Crippen molar-refractivity contribution in [3.8, 4) is 5.75 Å². The summed E-state index contributed by atoms with van der Waals surface area (Å²) in [6.45, 7) is 7.70. The maximum absolute atomic E-state index is 5.77. The van der Waals surface area contributed by atoms with Gasteiger partial charge in [-0.2, -0.15) is 0 Å². The van der Waals surface area contributed by atoms with Crippen molar-refractivity contribution in [2.45, 2.75) is 13.3 Å². The number of nitrogens with one attached hydrogen (secondary N) is 1. The molecule has 1 heterocycles. The van der Waals surface area contributed by atoms with Crippen LogP contribution in [0.1, 0.15) is 13.3 Å². The van der Waals surface area contributed by atoms with Crippen LogP contribution in [0.4, 0.5) is 0 Å². The van der Waals surface area contributed by atoms with Crippen LogP contribution in [-0.2, 0) is 0 Å². The quantitative estimate of drug-likeness (QED) is 0.616. The van der Waals surface area contributed by atoms with Crippen LogP contribution >= 0.6 is 0 Å². The molecule has 1 fully saturated rings. The predicted octanol–water partition coefficient (Wildman–Crippen LogP) is 1.91. The molecule has 1 saturated heterocycles. The Morgan fingerprint density at radius 2 is 2.17 bits per heavy atom. The minimum atomic E-state index is 0.650. The first-order valence-electron chi connectivity index (χ1n) is 8.55. The average molecular weight is 318 g/mol. The number of likely N-dealkylation sites (tertiary alicyclic amines) is 1. The summed E-state index contributed by atoms with van der Waals surface area (Å²) >= 11 is 0. The third kappa shape index (κ3) is 6.10. The molecule has 0 aliphatic carbocycles. The van der Waals surface area contributed by atoms with Crippen molar-refractivity contribution in [2.24, 2.45) is 10.9 Å². The number of benzene rings is 1. The zero-order valence-corrected chi connectivity index (χ0v) is 14.7. The number of hydrogen-bond donors (Lipinski definition) is 1. The summed E-state index contributed by atoms with van der Waals surface area (Å²) in [5.41, 5.74) is 0. The molecule has 5 heteroatoms. The molecule has 1 aromatic carbocycles. The molecule has 5 nitrogen and oxygen atoms in total. The van der Waals surface area contributed by atoms with E-state index in [0.717, 1.165) is 37.9 Å². The normalized spacial score (nSPS) is 18.9. The molecular weight excluding hydrogens is 288 g/mol. The minimum Gasteiger partial charge on any atom is -0.492 e. The number of para-hydroxylation sites is 1. The summed E-state index contributed by atoms with van der Waals surface area (Å²) in [6, 6.07) is 9.94. The highest BCUT2D eigenvalue weighted by Gasteiger charge is 2.19. The highest BCUT2D eigenvalue weighted by Crippen LogP contribution is 2.14. The monoisotopic (exact) mass is 318 g/mol. The lowest BCUT2D eigenvalue weighted by atomic mass is 10.1. The predicted molar refractivity (Wildman–Crippen MR) is 96.1 cm³/mol. The Morgan fingerprint density at radius 3 is 2.83 bits per heavy atom. The maximum Gasteiger partial charge on any atom is 0.193 e. The molecule has 1 aromatic rings. The molecule has 0 spiro atoms. The number of aliphatic imine (C=N–C) groups is 1. The van der Waals surface area contributed by atoms with E-state index in [4.69, 9.17) is 9.73 Å². The van der Waals surface area contributed by atoms with Gasteiger partial charge in [-0.05, 0) is 45.0 Å². The van der Waals surface area contributed by atoms with Gasteiger partial charge in [-0.15, -0.1) is 0 Å². The number of rotatable bonds is 7. The van der Waals surface area contributed by atoms with Crippen molar-refractivity contribution in [1.29, 1.82) is 0 Å². The molecule has 0 amide bonds. The maximum atomic E-state index is 5.77. The first kappa shape index (κ1) is 17.6. The fourth-order valence-electron chi connectivity index (χ4n) is 2.78. The molecule has 1 unspecified atom stereocenters. The standard InChI is InChI=1S/C18H30N4O/c1-4-19-18(20-14-16-10-11-21(2)15-16)22(3)12-13-23-17-8-6-5-7-9-17/h5-9,16H,4,10-15H2,1-3H3,(H,19,20). The van der Waals surface area contributed by atoms with E-state index in [1.807, 2.05) is 30.3 Å². The molecular formula is C18H30N4O. The number of hydrogen-bond acceptors (Lipinski definition) is 3. The van der Waals surface area contributed by atoms with Crippen LogP contribution in [0, 0.1) is 5.92 Å². The van der Waals surface area contributed by atoms with Crippen LogP contribution in [0.3, 0.4) is 0 Å². The van der Waals surface area contributed by atoms with E-state index in [0.29, 0.717) is 12.5 Å². The van der Waals surface area contributed by atoms with Crippen LogP contribution in [-0.4, -0.2) is 69.2 Å². The van der Waals surface area contributed by atoms with Crippen LogP contribution in [0.2, 0.25) is 0 Å². The Morgan fingerprint density at radius 1 is 1.39 bits per heavy atom. The summed E-state index contributed by atoms with van der Waals surface area (Å²) in [5.74, 6) is 2.57. The third-order valence-electron chi connectivity index (χ3n) is 4.12. The van der Waals surface area contributed by atoms with Gasteiger partial charge in [0.2, 0.25) is 0 Å². The zero-order valence-electron chi connectivity index (χ0n) is 14.7. The molecule has 1 atom stereocenters. The molecule has 0 aromatic heterocycles. The van der Waals surface area contributed by atoms with Gasteiger partial charge >= 0.3 is 0 Å². The highest BCUT2D eigenvalue weighted by molar-refractivity contribution is 5.79. The van der Waals surface area contributed by atoms with Crippen LogP contribution in [0.25, 0.3) is 0 Å². The van der Waals surface area contributed by atoms with Gasteiger partial charge in [0.15, 0.2) is 5.96 Å². The molecule has 23 heavy (non-hydrogen) atoms. The Hall–Kier alpha value is -1.75. The van der Waals surface area contributed by atoms with Crippen molar-refractivity contribution in [2.75, 3.05) is 53.4 Å². The van der Waals surface area contributed by atoms with Crippen molar-refractivity contribution in [1.82, 2.24) is 15.1 Å². The van der Waals surface area contributed by atoms with Crippen molar-refractivity contribution >= 4 is 5.96 Å². The summed E-state index contributed by atoms with van der Waals surface area (Å²) < 4.78 is 5.77. The zero-order chi connectivity index (χ0) is 16.5. The van der Waals surface area contributed by atoms with Gasteiger partial charge in [-0.3, -0.25) is 4.99 Å². The Kier molecular flexibility index (Phi) is 7.20. The van der Waals surface area contributed by atoms with Crippen LogP contribution < -0.4 is 10.1 Å². The molecule has 0 bridgehead atoms. The van der Waals surface area contributed by atoms with E-state index < -0.39 is 0 Å². The first-order valence-corrected chi connectivity index (χ1v) is 8.55. The lowest BCUT2D eigenvalue weighted by Crippen LogP contribution is -2.41. The fourth-order valence-corrected chi connectivity index (χ4v) is 2.78. The van der Waals surface area contributed by atoms with E-state index in [1.54, 1.807) is 0 Å². The highest BCUT2D eigenvalue weighted by atomic mass is 16.5. The number of likely N-dealkylation sites (N-methyl/N-ethyl adjacent to an activating group) is 1. The van der Waals surface area contributed by atoms with Crippen molar-refractivity contribution < 1.29 is 4.74 Å². The van der Waals surface area contributed by atoms with Gasteiger partial charge in [0.25, 0.3) is 0 Å². The molecule has 0 radical (unpaired) electrons. The van der Waals surface area contributed by atoms with Gasteiger partial charge in [-0.1, -0.05) is 18.2 Å². The third-order valence-corrected chi connectivity index (χ3v) is 4.12. The molecule has 128 valence electrons. The fraction of sp³-hybridized carbons (Fsp3) is 0.611. The summed E-state index contributed by atoms with van der Waals surface area (Å²) in [5, 5.41) is 3.37. The SMILES string of the molecule is CCNC(=NCC1CCN(C)C1)N(C)CCOc1ccccc1. The Balaban J connectivity index is 1.78. The smallest absolute Gasteiger partial charge is 0.193 e. The molecule has 1 N–H and O–H groups in total. The van der Waals surface area contributed by atoms with Crippen molar-refractivity contribution in [3.05, 3.63) is 30.3 Å². The Bertz CT molecular complexity index is 477. The lowest BCUT2D eigenvalue weighted by molar-refractivity contribution is 0.281. The second-order valence-corrected chi connectivity index (χ2v) is 6.19. The molecule has 1 aliphatic rings. The van der Waals surface area contributed by atoms with Gasteiger partial charge in [0.1, 0.15) is 12.4 Å². The van der Waals surface area contributed by atoms with E-state index in [9.17, 15) is 0 Å². The minimum absolute atomic E-state index is 0.650. The average Bonchev–Trinajstić information content (AvgIpc) is 2.98.